The summed E-state index contributed by atoms with van der Waals surface area (Å²) in [6, 6.07) is 4.09. The monoisotopic (exact) mass is 400 g/mol. The normalized spacial score (nSPS) is 12.5. The van der Waals surface area contributed by atoms with Gasteiger partial charge < -0.3 is 0 Å². The van der Waals surface area contributed by atoms with Crippen LogP contribution in [0.1, 0.15) is 32.1 Å². The topological polar surface area (TPSA) is 86.1 Å². The fourth-order valence-electron chi connectivity index (χ4n) is 2.61. The molecule has 0 spiro atoms. The molecule has 21 heavy (non-hydrogen) atoms. The Morgan fingerprint density at radius 1 is 1.24 bits per heavy atom. The first-order valence-corrected chi connectivity index (χ1v) is 5.85. The van der Waals surface area contributed by atoms with Crippen LogP contribution in [0.15, 0.2) is 24.5 Å². The molecule has 0 atom stereocenters. The first-order chi connectivity index (χ1) is 9.43. The number of halogens is 1. The van der Waals surface area contributed by atoms with Gasteiger partial charge in [0.05, 0.1) is 19.0 Å². The van der Waals surface area contributed by atoms with Crippen LogP contribution < -0.4 is 4.57 Å². The SMILES string of the molecule is Cn1c[n+](C)c2c1C(=O)c1cccc([N+](=O)[O-])c1C2=O.I. The molecule has 0 bridgehead atoms. The van der Waals surface area contributed by atoms with Crippen molar-refractivity contribution in [3.05, 3.63) is 57.2 Å². The number of benzene rings is 1. The molecule has 108 valence electrons. The number of nitro groups is 1. The Morgan fingerprint density at radius 3 is 2.52 bits per heavy atom. The van der Waals surface area contributed by atoms with Crippen LogP contribution in [0.2, 0.25) is 0 Å². The third-order valence-corrected chi connectivity index (χ3v) is 3.42. The van der Waals surface area contributed by atoms with Gasteiger partial charge in [-0.05, 0) is 6.07 Å². The van der Waals surface area contributed by atoms with Crippen molar-refractivity contribution in [3.8, 4) is 0 Å². The summed E-state index contributed by atoms with van der Waals surface area (Å²) in [6.45, 7) is 0. The van der Waals surface area contributed by atoms with Crippen molar-refractivity contribution in [1.82, 2.24) is 4.57 Å². The molecule has 1 heterocycles. The summed E-state index contributed by atoms with van der Waals surface area (Å²) in [6.07, 6.45) is 1.60. The zero-order chi connectivity index (χ0) is 14.6. The fraction of sp³-hybridized carbons (Fsp3) is 0.154. The lowest BCUT2D eigenvalue weighted by Gasteiger charge is -2.11. The van der Waals surface area contributed by atoms with Gasteiger partial charge >= 0.3 is 0 Å². The van der Waals surface area contributed by atoms with Crippen molar-refractivity contribution in [1.29, 1.82) is 0 Å². The van der Waals surface area contributed by atoms with Gasteiger partial charge in [-0.2, -0.15) is 0 Å². The average Bonchev–Trinajstić information content (AvgIpc) is 2.70. The molecule has 1 aliphatic rings. The second kappa shape index (κ2) is 5.02. The summed E-state index contributed by atoms with van der Waals surface area (Å²) in [5, 5.41) is 11.1. The molecule has 0 radical (unpaired) electrons. The number of nitro benzene ring substituents is 1. The van der Waals surface area contributed by atoms with Crippen molar-refractivity contribution < 1.29 is 19.1 Å². The molecule has 0 fully saturated rings. The molecule has 0 N–H and O–H groups in total. The molecule has 8 heteroatoms. The van der Waals surface area contributed by atoms with E-state index in [9.17, 15) is 19.7 Å². The molecule has 0 aliphatic heterocycles. The predicted molar refractivity (Wildman–Crippen MR) is 82.0 cm³/mol. The summed E-state index contributed by atoms with van der Waals surface area (Å²) in [7, 11) is 3.29. The maximum Gasteiger partial charge on any atom is 0.281 e. The van der Waals surface area contributed by atoms with E-state index in [1.807, 2.05) is 0 Å². The highest BCUT2D eigenvalue weighted by molar-refractivity contribution is 14.0. The summed E-state index contributed by atoms with van der Waals surface area (Å²) >= 11 is 0. The number of hydrogen-bond acceptors (Lipinski definition) is 4. The number of ketones is 2. The maximum absolute atomic E-state index is 12.5. The number of hydrogen-bond donors (Lipinski definition) is 0. The summed E-state index contributed by atoms with van der Waals surface area (Å²) in [5.74, 6) is -0.869. The molecule has 0 saturated carbocycles. The number of carbonyl (C=O) groups excluding carboxylic acids is 2. The second-order valence-electron chi connectivity index (χ2n) is 4.65. The van der Waals surface area contributed by atoms with Gasteiger partial charge in [0.25, 0.3) is 5.69 Å². The van der Waals surface area contributed by atoms with Gasteiger partial charge in [-0.3, -0.25) is 19.7 Å². The smallest absolute Gasteiger partial charge is 0.281 e. The van der Waals surface area contributed by atoms with Gasteiger partial charge in [-0.1, -0.05) is 6.07 Å². The Hall–Kier alpha value is -2.10. The van der Waals surface area contributed by atoms with Crippen LogP contribution in [0.3, 0.4) is 0 Å². The zero-order valence-corrected chi connectivity index (χ0v) is 13.5. The molecule has 0 unspecified atom stereocenters. The first-order valence-electron chi connectivity index (χ1n) is 5.85. The third kappa shape index (κ3) is 1.97. The number of aromatic nitrogens is 2. The van der Waals surface area contributed by atoms with Crippen molar-refractivity contribution >= 4 is 41.2 Å². The second-order valence-corrected chi connectivity index (χ2v) is 4.65. The van der Waals surface area contributed by atoms with Crippen molar-refractivity contribution in [3.63, 3.8) is 0 Å². The average molecular weight is 400 g/mol. The van der Waals surface area contributed by atoms with Crippen molar-refractivity contribution in [2.24, 2.45) is 14.1 Å². The number of imidazole rings is 1. The van der Waals surface area contributed by atoms with Crippen LogP contribution in [0.25, 0.3) is 0 Å². The Labute approximate surface area is 136 Å². The molecule has 1 aromatic carbocycles. The fourth-order valence-corrected chi connectivity index (χ4v) is 2.61. The van der Waals surface area contributed by atoms with E-state index in [2.05, 4.69) is 0 Å². The number of aryl methyl sites for hydroxylation is 2. The lowest BCUT2D eigenvalue weighted by atomic mass is 9.88. The van der Waals surface area contributed by atoms with Gasteiger partial charge in [0, 0.05) is 11.6 Å². The van der Waals surface area contributed by atoms with E-state index in [1.165, 1.54) is 22.8 Å². The molecule has 1 aromatic heterocycles. The molecule has 3 rings (SSSR count). The van der Waals surface area contributed by atoms with E-state index in [0.29, 0.717) is 0 Å². The highest BCUT2D eigenvalue weighted by Crippen LogP contribution is 2.31. The third-order valence-electron chi connectivity index (χ3n) is 3.42. The minimum atomic E-state index is -0.641. The van der Waals surface area contributed by atoms with Crippen LogP contribution in [0.4, 0.5) is 5.69 Å². The quantitative estimate of drug-likeness (QED) is 0.266. The minimum Gasteiger partial charge on any atom is -0.284 e. The number of rotatable bonds is 1. The molecular formula is C13H11IN3O4+. The summed E-state index contributed by atoms with van der Waals surface area (Å²) < 4.78 is 3.06. The van der Waals surface area contributed by atoms with Crippen LogP contribution >= 0.6 is 24.0 Å². The number of carbonyl (C=O) groups is 2. The molecule has 0 saturated heterocycles. The van der Waals surface area contributed by atoms with E-state index >= 15 is 0 Å². The highest BCUT2D eigenvalue weighted by atomic mass is 127. The summed E-state index contributed by atoms with van der Waals surface area (Å²) in [5.41, 5.74) is 0.0513. The molecule has 7 nitrogen and oxygen atoms in total. The van der Waals surface area contributed by atoms with Crippen LogP contribution in [-0.4, -0.2) is 21.1 Å². The lowest BCUT2D eigenvalue weighted by Crippen LogP contribution is -2.37. The number of fused-ring (bicyclic) bond motifs is 2. The van der Waals surface area contributed by atoms with Crippen LogP contribution in [0, 0.1) is 10.1 Å². The first kappa shape index (κ1) is 15.3. The van der Waals surface area contributed by atoms with Crippen LogP contribution in [-0.2, 0) is 14.1 Å². The molecular weight excluding hydrogens is 389 g/mol. The van der Waals surface area contributed by atoms with Gasteiger partial charge in [0.15, 0.2) is 0 Å². The molecule has 1 aliphatic carbocycles. The van der Waals surface area contributed by atoms with E-state index in [4.69, 9.17) is 0 Å². The largest absolute Gasteiger partial charge is 0.284 e. The van der Waals surface area contributed by atoms with Gasteiger partial charge in [0.2, 0.25) is 29.3 Å². The zero-order valence-electron chi connectivity index (χ0n) is 11.2. The highest BCUT2D eigenvalue weighted by Gasteiger charge is 2.43. The predicted octanol–water partition coefficient (Wildman–Crippen LogP) is 1.15. The minimum absolute atomic E-state index is 0. The van der Waals surface area contributed by atoms with Crippen molar-refractivity contribution in [2.45, 2.75) is 0 Å². The van der Waals surface area contributed by atoms with E-state index in [0.717, 1.165) is 0 Å². The number of nitrogens with zero attached hydrogens (tertiary/aromatic N) is 3. The molecule has 0 amide bonds. The van der Waals surface area contributed by atoms with Crippen LogP contribution in [0.5, 0.6) is 0 Å². The van der Waals surface area contributed by atoms with E-state index in [1.54, 1.807) is 25.0 Å². The standard InChI is InChI=1S/C13H10N3O4.HI/c1-14-6-15(2)11-10(14)12(17)7-4-3-5-8(16(19)20)9(7)13(11)18;/h3-6H,1-2H3;1H/q+1;. The van der Waals surface area contributed by atoms with Gasteiger partial charge in [-0.15, -0.1) is 24.0 Å². The lowest BCUT2D eigenvalue weighted by molar-refractivity contribution is -0.672. The maximum atomic E-state index is 12.5. The Kier molecular flexibility index (Phi) is 3.66. The van der Waals surface area contributed by atoms with Gasteiger partial charge in [-0.25, -0.2) is 9.13 Å². The van der Waals surface area contributed by atoms with Crippen molar-refractivity contribution in [2.75, 3.05) is 0 Å². The summed E-state index contributed by atoms with van der Waals surface area (Å²) in [4.78, 5) is 35.4. The molecule has 2 aromatic rings. The Bertz CT molecular complexity index is 810. The van der Waals surface area contributed by atoms with Gasteiger partial charge in [0.1, 0.15) is 5.56 Å². The Morgan fingerprint density at radius 2 is 1.90 bits per heavy atom. The Balaban J connectivity index is 0.00000161. The van der Waals surface area contributed by atoms with E-state index < -0.39 is 10.7 Å². The van der Waals surface area contributed by atoms with E-state index in [-0.39, 0.29) is 58.0 Å².